The minimum absolute atomic E-state index is 0.0731. The number of allylic oxidation sites excluding steroid dienone is 4. The quantitative estimate of drug-likeness (QED) is 0.0262. The molecule has 0 aromatic rings. The van der Waals surface area contributed by atoms with Gasteiger partial charge in [-0.05, 0) is 70.6 Å². The molecular weight excluding hydrogens is 817 g/mol. The summed E-state index contributed by atoms with van der Waals surface area (Å²) in [4.78, 5) is 38.0. The number of esters is 3. The summed E-state index contributed by atoms with van der Waals surface area (Å²) < 4.78 is 16.8. The number of hydrogen-bond donors (Lipinski definition) is 0. The van der Waals surface area contributed by atoms with Crippen molar-refractivity contribution in [3.8, 4) is 0 Å². The molecule has 0 aliphatic heterocycles. The van der Waals surface area contributed by atoms with Gasteiger partial charge in [0.05, 0.1) is 0 Å². The van der Waals surface area contributed by atoms with Gasteiger partial charge in [0.15, 0.2) is 6.10 Å². The molecule has 0 spiro atoms. The zero-order valence-electron chi connectivity index (χ0n) is 44.5. The van der Waals surface area contributed by atoms with E-state index in [-0.39, 0.29) is 31.1 Å². The van der Waals surface area contributed by atoms with E-state index < -0.39 is 6.10 Å². The van der Waals surface area contributed by atoms with E-state index in [0.717, 1.165) is 70.6 Å². The van der Waals surface area contributed by atoms with Gasteiger partial charge in [-0.1, -0.05) is 257 Å². The van der Waals surface area contributed by atoms with Crippen LogP contribution in [0.15, 0.2) is 24.3 Å². The zero-order chi connectivity index (χ0) is 47.9. The van der Waals surface area contributed by atoms with Crippen LogP contribution in [0.2, 0.25) is 0 Å². The van der Waals surface area contributed by atoms with Crippen molar-refractivity contribution in [1.29, 1.82) is 0 Å². The van der Waals surface area contributed by atoms with E-state index in [1.54, 1.807) is 0 Å². The molecule has 1 atom stereocenters. The fourth-order valence-electron chi connectivity index (χ4n) is 8.73. The van der Waals surface area contributed by atoms with Gasteiger partial charge in [0.2, 0.25) is 0 Å². The lowest BCUT2D eigenvalue weighted by Crippen LogP contribution is -2.30. The molecule has 0 radical (unpaired) electrons. The predicted molar refractivity (Wildman–Crippen MR) is 284 cm³/mol. The molecule has 0 heterocycles. The molecule has 0 amide bonds. The molecule has 6 nitrogen and oxygen atoms in total. The Kier molecular flexibility index (Phi) is 53.7. The highest BCUT2D eigenvalue weighted by Gasteiger charge is 2.19. The number of hydrogen-bond acceptors (Lipinski definition) is 6. The van der Waals surface area contributed by atoms with E-state index in [1.165, 1.54) is 212 Å². The van der Waals surface area contributed by atoms with E-state index in [2.05, 4.69) is 45.1 Å². The van der Waals surface area contributed by atoms with Crippen LogP contribution in [0, 0.1) is 0 Å². The van der Waals surface area contributed by atoms with Crippen molar-refractivity contribution in [3.05, 3.63) is 24.3 Å². The van der Waals surface area contributed by atoms with Crippen LogP contribution in [0.5, 0.6) is 0 Å². The summed E-state index contributed by atoms with van der Waals surface area (Å²) >= 11 is 0. The minimum Gasteiger partial charge on any atom is -0.462 e. The summed E-state index contributed by atoms with van der Waals surface area (Å²) in [6.07, 6.45) is 64.7. The Balaban J connectivity index is 4.18. The Morgan fingerprint density at radius 3 is 0.788 bits per heavy atom. The van der Waals surface area contributed by atoms with Gasteiger partial charge in [-0.15, -0.1) is 0 Å². The maximum absolute atomic E-state index is 12.8. The molecule has 0 aliphatic carbocycles. The van der Waals surface area contributed by atoms with Gasteiger partial charge in [0.25, 0.3) is 0 Å². The Morgan fingerprint density at radius 1 is 0.288 bits per heavy atom. The second-order valence-corrected chi connectivity index (χ2v) is 19.9. The number of carbonyl (C=O) groups is 3. The van der Waals surface area contributed by atoms with Crippen molar-refractivity contribution in [2.24, 2.45) is 0 Å². The van der Waals surface area contributed by atoms with Crippen LogP contribution in [0.3, 0.4) is 0 Å². The van der Waals surface area contributed by atoms with E-state index in [1.807, 2.05) is 0 Å². The van der Waals surface area contributed by atoms with Crippen LogP contribution >= 0.6 is 0 Å². The Bertz CT molecular complexity index is 1070. The highest BCUT2D eigenvalue weighted by Crippen LogP contribution is 2.17. The normalized spacial score (nSPS) is 12.1. The molecule has 0 aromatic heterocycles. The average molecular weight is 930 g/mol. The molecule has 0 N–H and O–H groups in total. The first-order valence-corrected chi connectivity index (χ1v) is 29.3. The predicted octanol–water partition coefficient (Wildman–Crippen LogP) is 19.5. The van der Waals surface area contributed by atoms with Crippen molar-refractivity contribution >= 4 is 17.9 Å². The zero-order valence-corrected chi connectivity index (χ0v) is 44.5. The molecule has 1 unspecified atom stereocenters. The van der Waals surface area contributed by atoms with Crippen LogP contribution in [0.1, 0.15) is 323 Å². The lowest BCUT2D eigenvalue weighted by atomic mass is 10.0. The number of ether oxygens (including phenoxy) is 3. The fraction of sp³-hybridized carbons (Fsp3) is 0.883. The van der Waals surface area contributed by atoms with Crippen molar-refractivity contribution in [1.82, 2.24) is 0 Å². The van der Waals surface area contributed by atoms with Crippen molar-refractivity contribution < 1.29 is 28.6 Å². The number of unbranched alkanes of at least 4 members (excludes halogenated alkanes) is 39. The lowest BCUT2D eigenvalue weighted by Gasteiger charge is -2.18. The molecule has 0 aliphatic rings. The average Bonchev–Trinajstić information content (AvgIpc) is 3.31. The minimum atomic E-state index is -0.774. The molecule has 0 fully saturated rings. The number of carbonyl (C=O) groups excluding carboxylic acids is 3. The topological polar surface area (TPSA) is 78.9 Å². The van der Waals surface area contributed by atoms with Crippen LogP contribution in [-0.2, 0) is 28.6 Å². The fourth-order valence-corrected chi connectivity index (χ4v) is 8.73. The van der Waals surface area contributed by atoms with E-state index in [4.69, 9.17) is 14.2 Å². The SMILES string of the molecule is CCCCC/C=C\CCCCCCCC(=O)OCC(COC(=O)CCCCCCCCCCCCCCCCCCCCCCCCCC)OC(=O)CCCCCCC/C=C\CCCCC. The van der Waals surface area contributed by atoms with Crippen LogP contribution in [-0.4, -0.2) is 37.2 Å². The second kappa shape index (κ2) is 55.5. The summed E-state index contributed by atoms with van der Waals surface area (Å²) in [5.41, 5.74) is 0. The van der Waals surface area contributed by atoms with Gasteiger partial charge < -0.3 is 14.2 Å². The first kappa shape index (κ1) is 63.9. The van der Waals surface area contributed by atoms with Gasteiger partial charge in [0, 0.05) is 19.3 Å². The van der Waals surface area contributed by atoms with Crippen molar-refractivity contribution in [2.45, 2.75) is 329 Å². The first-order valence-electron chi connectivity index (χ1n) is 29.3. The largest absolute Gasteiger partial charge is 0.462 e. The molecule has 6 heteroatoms. The van der Waals surface area contributed by atoms with Gasteiger partial charge in [-0.25, -0.2) is 0 Å². The molecule has 0 bridgehead atoms. The van der Waals surface area contributed by atoms with Gasteiger partial charge in [0.1, 0.15) is 13.2 Å². The number of rotatable bonds is 54. The van der Waals surface area contributed by atoms with E-state index in [9.17, 15) is 14.4 Å². The molecule has 0 saturated carbocycles. The summed E-state index contributed by atoms with van der Waals surface area (Å²) in [6.45, 7) is 6.62. The molecule has 388 valence electrons. The molecular formula is C60H112O6. The molecule has 66 heavy (non-hydrogen) atoms. The van der Waals surface area contributed by atoms with Crippen molar-refractivity contribution in [3.63, 3.8) is 0 Å². The third kappa shape index (κ3) is 52.9. The molecule has 0 aromatic carbocycles. The third-order valence-corrected chi connectivity index (χ3v) is 13.2. The summed E-state index contributed by atoms with van der Waals surface area (Å²) in [6, 6.07) is 0. The van der Waals surface area contributed by atoms with Gasteiger partial charge >= 0.3 is 17.9 Å². The van der Waals surface area contributed by atoms with Crippen molar-refractivity contribution in [2.75, 3.05) is 13.2 Å². The first-order chi connectivity index (χ1) is 32.5. The molecule has 0 saturated heterocycles. The van der Waals surface area contributed by atoms with Crippen LogP contribution in [0.25, 0.3) is 0 Å². The summed E-state index contributed by atoms with van der Waals surface area (Å²) in [7, 11) is 0. The summed E-state index contributed by atoms with van der Waals surface area (Å²) in [5.74, 6) is -0.875. The maximum Gasteiger partial charge on any atom is 0.306 e. The van der Waals surface area contributed by atoms with Crippen LogP contribution < -0.4 is 0 Å². The Morgan fingerprint density at radius 2 is 0.500 bits per heavy atom. The van der Waals surface area contributed by atoms with Gasteiger partial charge in [-0.3, -0.25) is 14.4 Å². The molecule has 0 rings (SSSR count). The second-order valence-electron chi connectivity index (χ2n) is 19.9. The third-order valence-electron chi connectivity index (χ3n) is 13.2. The standard InChI is InChI=1S/C60H112O6/c1-4-7-10-13-16-19-22-25-26-27-28-29-30-31-32-33-34-35-36-39-41-44-47-50-53-59(62)65-56-57(66-60(63)54-51-48-45-42-38-24-21-18-15-12-9-6-3)55-64-58(61)52-49-46-43-40-37-23-20-17-14-11-8-5-2/h17-18,20-21,57H,4-16,19,22-56H2,1-3H3/b20-17-,21-18-. The van der Waals surface area contributed by atoms with Crippen LogP contribution in [0.4, 0.5) is 0 Å². The monoisotopic (exact) mass is 929 g/mol. The highest BCUT2D eigenvalue weighted by molar-refractivity contribution is 5.71. The highest BCUT2D eigenvalue weighted by atomic mass is 16.6. The lowest BCUT2D eigenvalue weighted by molar-refractivity contribution is -0.167. The summed E-state index contributed by atoms with van der Waals surface area (Å²) in [5, 5.41) is 0. The maximum atomic E-state index is 12.8. The smallest absolute Gasteiger partial charge is 0.306 e. The Labute approximate surface area is 411 Å². The Hall–Kier alpha value is -2.11. The van der Waals surface area contributed by atoms with E-state index >= 15 is 0 Å². The van der Waals surface area contributed by atoms with E-state index in [0.29, 0.717) is 19.3 Å². The van der Waals surface area contributed by atoms with Gasteiger partial charge in [-0.2, -0.15) is 0 Å².